The quantitative estimate of drug-likeness (QED) is 0.558. The first-order valence-corrected chi connectivity index (χ1v) is 9.77. The Morgan fingerprint density at radius 3 is 2.47 bits per heavy atom. The fraction of sp³-hybridized carbons (Fsp3) is 1.00. The van der Waals surface area contributed by atoms with Crippen LogP contribution in [0.15, 0.2) is 0 Å². The number of hydrogen-bond donors (Lipinski definition) is 3. The van der Waals surface area contributed by atoms with Crippen molar-refractivity contribution < 1.29 is 16.8 Å². The molecule has 0 radical (unpaired) electrons. The molecular weight excluding hydrogens is 290 g/mol. The number of piperidine rings is 1. The molecule has 3 N–H and O–H groups in total. The van der Waals surface area contributed by atoms with E-state index in [1.807, 2.05) is 6.92 Å². The van der Waals surface area contributed by atoms with Crippen molar-refractivity contribution in [3.63, 3.8) is 0 Å². The van der Waals surface area contributed by atoms with Crippen molar-refractivity contribution in [3.05, 3.63) is 0 Å². The van der Waals surface area contributed by atoms with Gasteiger partial charge < -0.3 is 5.32 Å². The molecule has 114 valence electrons. The summed E-state index contributed by atoms with van der Waals surface area (Å²) in [7, 11) is -6.80. The van der Waals surface area contributed by atoms with Crippen LogP contribution >= 0.6 is 0 Å². The van der Waals surface area contributed by atoms with Gasteiger partial charge in [-0.2, -0.15) is 0 Å². The third kappa shape index (κ3) is 6.17. The van der Waals surface area contributed by atoms with Crippen LogP contribution in [0.1, 0.15) is 26.7 Å². The molecule has 1 heterocycles. The SMILES string of the molecule is CCS(=O)(=O)NCCS(=O)(=O)NC1CCCNC1C. The van der Waals surface area contributed by atoms with Gasteiger partial charge in [0.1, 0.15) is 0 Å². The van der Waals surface area contributed by atoms with Crippen molar-refractivity contribution in [2.24, 2.45) is 0 Å². The van der Waals surface area contributed by atoms with E-state index in [1.165, 1.54) is 6.92 Å². The van der Waals surface area contributed by atoms with E-state index in [4.69, 9.17) is 0 Å². The van der Waals surface area contributed by atoms with Crippen LogP contribution in [0, 0.1) is 0 Å². The summed E-state index contributed by atoms with van der Waals surface area (Å²) < 4.78 is 50.9. The van der Waals surface area contributed by atoms with Gasteiger partial charge in [0, 0.05) is 18.6 Å². The molecule has 1 saturated heterocycles. The van der Waals surface area contributed by atoms with Crippen LogP contribution in [0.3, 0.4) is 0 Å². The second kappa shape index (κ2) is 6.98. The van der Waals surface area contributed by atoms with Crippen molar-refractivity contribution in [1.29, 1.82) is 0 Å². The zero-order chi connectivity index (χ0) is 14.5. The summed E-state index contributed by atoms with van der Waals surface area (Å²) >= 11 is 0. The summed E-state index contributed by atoms with van der Waals surface area (Å²) in [5.74, 6) is -0.292. The van der Waals surface area contributed by atoms with Gasteiger partial charge in [0.15, 0.2) is 0 Å². The predicted octanol–water partition coefficient (Wildman–Crippen LogP) is -1.01. The highest BCUT2D eigenvalue weighted by Crippen LogP contribution is 2.09. The lowest BCUT2D eigenvalue weighted by atomic mass is 10.0. The van der Waals surface area contributed by atoms with Crippen LogP contribution < -0.4 is 14.8 Å². The molecule has 0 bridgehead atoms. The number of sulfonamides is 2. The third-order valence-corrected chi connectivity index (χ3v) is 5.97. The molecular formula is C10H23N3O4S2. The summed E-state index contributed by atoms with van der Waals surface area (Å²) in [5, 5.41) is 3.21. The summed E-state index contributed by atoms with van der Waals surface area (Å²) in [6.07, 6.45) is 1.73. The van der Waals surface area contributed by atoms with Crippen LogP contribution in [-0.4, -0.2) is 53.5 Å². The minimum Gasteiger partial charge on any atom is -0.313 e. The Bertz CT molecular complexity index is 475. The lowest BCUT2D eigenvalue weighted by Gasteiger charge is -2.30. The second-order valence-corrected chi connectivity index (χ2v) is 8.69. The zero-order valence-electron chi connectivity index (χ0n) is 11.3. The standard InChI is InChI=1S/C10H23N3O4S2/c1-3-18(14,15)12-7-8-19(16,17)13-10-5-4-6-11-9(10)2/h9-13H,3-8H2,1-2H3. The molecule has 7 nitrogen and oxygen atoms in total. The largest absolute Gasteiger partial charge is 0.313 e. The Labute approximate surface area is 115 Å². The second-order valence-electron chi connectivity index (χ2n) is 4.73. The summed E-state index contributed by atoms with van der Waals surface area (Å²) in [6, 6.07) is -0.0302. The Morgan fingerprint density at radius 1 is 1.21 bits per heavy atom. The highest BCUT2D eigenvalue weighted by atomic mass is 32.2. The lowest BCUT2D eigenvalue weighted by molar-refractivity contribution is 0.349. The Kier molecular flexibility index (Phi) is 6.18. The van der Waals surface area contributed by atoms with E-state index in [9.17, 15) is 16.8 Å². The van der Waals surface area contributed by atoms with Crippen LogP contribution in [0.2, 0.25) is 0 Å². The number of hydrogen-bond acceptors (Lipinski definition) is 5. The highest BCUT2D eigenvalue weighted by Gasteiger charge is 2.25. The summed E-state index contributed by atoms with van der Waals surface area (Å²) in [5.41, 5.74) is 0. The van der Waals surface area contributed by atoms with Gasteiger partial charge in [0.2, 0.25) is 20.0 Å². The van der Waals surface area contributed by atoms with Crippen LogP contribution in [0.25, 0.3) is 0 Å². The first kappa shape index (κ1) is 16.8. The van der Waals surface area contributed by atoms with Gasteiger partial charge in [-0.1, -0.05) is 0 Å². The summed E-state index contributed by atoms with van der Waals surface area (Å²) in [6.45, 7) is 4.24. The molecule has 0 aliphatic carbocycles. The first-order valence-electron chi connectivity index (χ1n) is 6.46. The van der Waals surface area contributed by atoms with Gasteiger partial charge in [-0.3, -0.25) is 0 Å². The Morgan fingerprint density at radius 2 is 1.89 bits per heavy atom. The monoisotopic (exact) mass is 313 g/mol. The van der Waals surface area contributed by atoms with E-state index < -0.39 is 20.0 Å². The smallest absolute Gasteiger partial charge is 0.213 e. The topological polar surface area (TPSA) is 104 Å². The van der Waals surface area contributed by atoms with E-state index in [0.29, 0.717) is 0 Å². The maximum atomic E-state index is 11.8. The van der Waals surface area contributed by atoms with Gasteiger partial charge >= 0.3 is 0 Å². The molecule has 1 aliphatic heterocycles. The molecule has 0 amide bonds. The number of nitrogens with one attached hydrogen (secondary N) is 3. The van der Waals surface area contributed by atoms with Crippen LogP contribution in [-0.2, 0) is 20.0 Å². The number of rotatable bonds is 7. The molecule has 0 aromatic rings. The fourth-order valence-corrected chi connectivity index (χ4v) is 3.95. The molecule has 9 heteroatoms. The minimum atomic E-state index is -3.46. The predicted molar refractivity (Wildman–Crippen MR) is 74.9 cm³/mol. The van der Waals surface area contributed by atoms with Crippen molar-refractivity contribution in [3.8, 4) is 0 Å². The minimum absolute atomic E-state index is 0.0515. The van der Waals surface area contributed by atoms with Crippen molar-refractivity contribution in [2.75, 3.05) is 24.6 Å². The van der Waals surface area contributed by atoms with E-state index in [1.54, 1.807) is 0 Å². The molecule has 0 saturated carbocycles. The van der Waals surface area contributed by atoms with E-state index >= 15 is 0 Å². The lowest BCUT2D eigenvalue weighted by Crippen LogP contribution is -2.52. The average Bonchev–Trinajstić information content (AvgIpc) is 2.31. The van der Waals surface area contributed by atoms with E-state index in [0.717, 1.165) is 19.4 Å². The molecule has 0 spiro atoms. The molecule has 19 heavy (non-hydrogen) atoms. The van der Waals surface area contributed by atoms with Gasteiger partial charge in [0.25, 0.3) is 0 Å². The van der Waals surface area contributed by atoms with Gasteiger partial charge in [0.05, 0.1) is 11.5 Å². The highest BCUT2D eigenvalue weighted by molar-refractivity contribution is 7.90. The maximum absolute atomic E-state index is 11.8. The Balaban J connectivity index is 2.43. The summed E-state index contributed by atoms with van der Waals surface area (Å²) in [4.78, 5) is 0. The molecule has 2 unspecified atom stereocenters. The average molecular weight is 313 g/mol. The first-order chi connectivity index (χ1) is 8.76. The van der Waals surface area contributed by atoms with Gasteiger partial charge in [-0.15, -0.1) is 0 Å². The zero-order valence-corrected chi connectivity index (χ0v) is 13.0. The fourth-order valence-electron chi connectivity index (χ4n) is 1.93. The molecule has 1 fully saturated rings. The maximum Gasteiger partial charge on any atom is 0.213 e. The Hall–Kier alpha value is -0.220. The molecule has 1 aliphatic rings. The van der Waals surface area contributed by atoms with Gasteiger partial charge in [-0.25, -0.2) is 26.3 Å². The normalized spacial score (nSPS) is 25.4. The van der Waals surface area contributed by atoms with Crippen molar-refractivity contribution in [1.82, 2.24) is 14.8 Å². The van der Waals surface area contributed by atoms with Crippen LogP contribution in [0.4, 0.5) is 0 Å². The van der Waals surface area contributed by atoms with Crippen molar-refractivity contribution in [2.45, 2.75) is 38.8 Å². The molecule has 2 atom stereocenters. The van der Waals surface area contributed by atoms with Crippen LogP contribution in [0.5, 0.6) is 0 Å². The van der Waals surface area contributed by atoms with Gasteiger partial charge in [-0.05, 0) is 33.2 Å². The van der Waals surface area contributed by atoms with Crippen molar-refractivity contribution >= 4 is 20.0 Å². The molecule has 0 aromatic carbocycles. The van der Waals surface area contributed by atoms with E-state index in [2.05, 4.69) is 14.8 Å². The third-order valence-electron chi connectivity index (χ3n) is 3.17. The van der Waals surface area contributed by atoms with E-state index in [-0.39, 0.29) is 30.1 Å². The molecule has 0 aromatic heterocycles. The molecule has 1 rings (SSSR count).